The second-order valence-corrected chi connectivity index (χ2v) is 6.10. The van der Waals surface area contributed by atoms with Crippen LogP contribution in [0.5, 0.6) is 0 Å². The molecule has 2 heterocycles. The van der Waals surface area contributed by atoms with Gasteiger partial charge in [-0.1, -0.05) is 0 Å². The van der Waals surface area contributed by atoms with E-state index < -0.39 is 17.8 Å². The zero-order valence-electron chi connectivity index (χ0n) is 14.0. The Kier molecular flexibility index (Phi) is 5.66. The number of carbonyl (C=O) groups excluding carboxylic acids is 1. The largest absolute Gasteiger partial charge is 0.481 e. The smallest absolute Gasteiger partial charge is 0.433 e. The number of hydrogen-bond donors (Lipinski definition) is 1. The van der Waals surface area contributed by atoms with Gasteiger partial charge in [-0.15, -0.1) is 0 Å². The van der Waals surface area contributed by atoms with Gasteiger partial charge >= 0.3 is 12.1 Å². The Morgan fingerprint density at radius 2 is 1.84 bits per heavy atom. The number of carboxylic acids is 1. The van der Waals surface area contributed by atoms with Crippen LogP contribution in [0.25, 0.3) is 0 Å². The molecule has 0 spiro atoms. The molecule has 1 N–H and O–H groups in total. The van der Waals surface area contributed by atoms with Gasteiger partial charge in [-0.05, 0) is 26.0 Å². The molecule has 6 nitrogen and oxygen atoms in total. The van der Waals surface area contributed by atoms with E-state index in [0.717, 1.165) is 12.1 Å². The van der Waals surface area contributed by atoms with Gasteiger partial charge in [0.05, 0.1) is 17.7 Å². The number of piperazine rings is 1. The number of aromatic nitrogens is 1. The Labute approximate surface area is 143 Å². The molecule has 1 saturated heterocycles. The molecule has 25 heavy (non-hydrogen) atoms. The third-order valence-corrected chi connectivity index (χ3v) is 4.30. The van der Waals surface area contributed by atoms with E-state index in [4.69, 9.17) is 5.11 Å². The molecule has 1 amide bonds. The van der Waals surface area contributed by atoms with Crippen molar-refractivity contribution in [1.29, 1.82) is 0 Å². The maximum absolute atomic E-state index is 12.7. The van der Waals surface area contributed by atoms with Crippen LogP contribution in [-0.4, -0.2) is 64.0 Å². The third kappa shape index (κ3) is 4.68. The molecular weight excluding hydrogens is 339 g/mol. The summed E-state index contributed by atoms with van der Waals surface area (Å²) >= 11 is 0. The molecule has 0 aliphatic carbocycles. The van der Waals surface area contributed by atoms with Crippen LogP contribution in [0, 0.1) is 6.92 Å². The molecule has 1 aliphatic rings. The van der Waals surface area contributed by atoms with Crippen molar-refractivity contribution in [3.05, 3.63) is 29.1 Å². The molecule has 1 atom stereocenters. The average Bonchev–Trinajstić information content (AvgIpc) is 2.53. The maximum atomic E-state index is 12.7. The monoisotopic (exact) mass is 359 g/mol. The minimum Gasteiger partial charge on any atom is -0.481 e. The fourth-order valence-corrected chi connectivity index (χ4v) is 2.86. The number of carboxylic acid groups (broad SMARTS) is 1. The lowest BCUT2D eigenvalue weighted by Gasteiger charge is -2.37. The van der Waals surface area contributed by atoms with E-state index in [1.54, 1.807) is 4.90 Å². The molecule has 0 aromatic carbocycles. The zero-order valence-corrected chi connectivity index (χ0v) is 14.0. The number of alkyl halides is 3. The van der Waals surface area contributed by atoms with Crippen molar-refractivity contribution < 1.29 is 27.9 Å². The molecule has 9 heteroatoms. The van der Waals surface area contributed by atoms with E-state index in [0.29, 0.717) is 26.2 Å². The number of pyridine rings is 1. The fourth-order valence-electron chi connectivity index (χ4n) is 2.86. The van der Waals surface area contributed by atoms with E-state index >= 15 is 0 Å². The molecule has 1 fully saturated rings. The van der Waals surface area contributed by atoms with E-state index in [2.05, 4.69) is 4.98 Å². The highest BCUT2D eigenvalue weighted by molar-refractivity contribution is 5.95. The lowest BCUT2D eigenvalue weighted by molar-refractivity contribution is -0.141. The van der Waals surface area contributed by atoms with Gasteiger partial charge in [0, 0.05) is 32.2 Å². The van der Waals surface area contributed by atoms with Crippen LogP contribution in [0.2, 0.25) is 0 Å². The molecule has 0 radical (unpaired) electrons. The van der Waals surface area contributed by atoms with E-state index in [-0.39, 0.29) is 29.6 Å². The number of hydrogen-bond acceptors (Lipinski definition) is 4. The van der Waals surface area contributed by atoms with Gasteiger partial charge in [0.1, 0.15) is 5.69 Å². The first-order valence-electron chi connectivity index (χ1n) is 7.89. The number of rotatable bonds is 4. The van der Waals surface area contributed by atoms with Crippen molar-refractivity contribution in [3.8, 4) is 0 Å². The minimum absolute atomic E-state index is 0.0237. The van der Waals surface area contributed by atoms with Crippen LogP contribution in [0.4, 0.5) is 13.2 Å². The molecule has 1 aromatic heterocycles. The number of aliphatic carboxylic acids is 1. The van der Waals surface area contributed by atoms with Crippen molar-refractivity contribution in [2.45, 2.75) is 32.5 Å². The normalized spacial score (nSPS) is 17.4. The first kappa shape index (κ1) is 19.2. The van der Waals surface area contributed by atoms with Gasteiger partial charge < -0.3 is 10.0 Å². The lowest BCUT2D eigenvalue weighted by atomic mass is 10.1. The van der Waals surface area contributed by atoms with Crippen LogP contribution in [0.3, 0.4) is 0 Å². The second kappa shape index (κ2) is 7.38. The molecule has 0 saturated carbocycles. The number of halogens is 3. The number of carbonyl (C=O) groups is 2. The molecular formula is C16H20F3N3O3. The van der Waals surface area contributed by atoms with Crippen molar-refractivity contribution in [2.24, 2.45) is 0 Å². The highest BCUT2D eigenvalue weighted by Crippen LogP contribution is 2.28. The molecule has 1 aliphatic heterocycles. The van der Waals surface area contributed by atoms with Gasteiger partial charge in [0.15, 0.2) is 0 Å². The second-order valence-electron chi connectivity index (χ2n) is 6.10. The van der Waals surface area contributed by atoms with Crippen molar-refractivity contribution in [1.82, 2.24) is 14.8 Å². The molecule has 0 bridgehead atoms. The molecule has 138 valence electrons. The summed E-state index contributed by atoms with van der Waals surface area (Å²) in [6.07, 6.45) is -4.52. The van der Waals surface area contributed by atoms with Crippen molar-refractivity contribution >= 4 is 11.9 Å². The Morgan fingerprint density at radius 3 is 2.32 bits per heavy atom. The van der Waals surface area contributed by atoms with E-state index in [1.807, 2.05) is 11.8 Å². The number of amides is 1. The zero-order chi connectivity index (χ0) is 18.8. The van der Waals surface area contributed by atoms with Gasteiger partial charge in [-0.25, -0.2) is 4.98 Å². The summed E-state index contributed by atoms with van der Waals surface area (Å²) in [4.78, 5) is 30.3. The van der Waals surface area contributed by atoms with Crippen LogP contribution in [0.1, 0.15) is 35.1 Å². The first-order chi connectivity index (χ1) is 11.6. The topological polar surface area (TPSA) is 73.7 Å². The maximum Gasteiger partial charge on any atom is 0.433 e. The predicted octanol–water partition coefficient (Wildman–Crippen LogP) is 2.03. The van der Waals surface area contributed by atoms with Crippen molar-refractivity contribution in [2.75, 3.05) is 26.2 Å². The summed E-state index contributed by atoms with van der Waals surface area (Å²) in [6, 6.07) is 1.84. The highest BCUT2D eigenvalue weighted by Gasteiger charge is 2.33. The lowest BCUT2D eigenvalue weighted by Crippen LogP contribution is -2.51. The van der Waals surface area contributed by atoms with Gasteiger partial charge in [-0.2, -0.15) is 13.2 Å². The van der Waals surface area contributed by atoms with Crippen LogP contribution in [-0.2, 0) is 11.0 Å². The Morgan fingerprint density at radius 1 is 1.24 bits per heavy atom. The van der Waals surface area contributed by atoms with E-state index in [1.165, 1.54) is 6.92 Å². The predicted molar refractivity (Wildman–Crippen MR) is 83.2 cm³/mol. The number of nitrogens with zero attached hydrogens (tertiary/aromatic N) is 3. The Balaban J connectivity index is 2.02. The standard InChI is InChI=1S/C16H20F3N3O3/c1-10(9-14(23)24)21-5-7-22(8-6-21)15(25)12-3-4-13(16(17,18)19)20-11(12)2/h3-4,10H,5-9H2,1-2H3,(H,23,24). The summed E-state index contributed by atoms with van der Waals surface area (Å²) in [5.74, 6) is -1.23. The molecule has 1 unspecified atom stereocenters. The highest BCUT2D eigenvalue weighted by atomic mass is 19.4. The minimum atomic E-state index is -4.54. The first-order valence-corrected chi connectivity index (χ1v) is 7.89. The summed E-state index contributed by atoms with van der Waals surface area (Å²) in [6.45, 7) is 5.02. The summed E-state index contributed by atoms with van der Waals surface area (Å²) < 4.78 is 38.0. The fraction of sp³-hybridized carbons (Fsp3) is 0.562. The average molecular weight is 359 g/mol. The SMILES string of the molecule is Cc1nc(C(F)(F)F)ccc1C(=O)N1CCN(C(C)CC(=O)O)CC1. The Bertz CT molecular complexity index is 656. The quantitative estimate of drug-likeness (QED) is 0.891. The third-order valence-electron chi connectivity index (χ3n) is 4.30. The van der Waals surface area contributed by atoms with E-state index in [9.17, 15) is 22.8 Å². The van der Waals surface area contributed by atoms with Crippen LogP contribution in [0.15, 0.2) is 12.1 Å². The van der Waals surface area contributed by atoms with Crippen LogP contribution < -0.4 is 0 Å². The van der Waals surface area contributed by atoms with Crippen LogP contribution >= 0.6 is 0 Å². The van der Waals surface area contributed by atoms with Crippen molar-refractivity contribution in [3.63, 3.8) is 0 Å². The molecule has 1 aromatic rings. The molecule has 2 rings (SSSR count). The van der Waals surface area contributed by atoms with Gasteiger partial charge in [-0.3, -0.25) is 14.5 Å². The van der Waals surface area contributed by atoms with Gasteiger partial charge in [0.25, 0.3) is 5.91 Å². The summed E-state index contributed by atoms with van der Waals surface area (Å²) in [7, 11) is 0. The Hall–Kier alpha value is -2.16. The van der Waals surface area contributed by atoms with Gasteiger partial charge in [0.2, 0.25) is 0 Å². The number of aryl methyl sites for hydroxylation is 1. The summed E-state index contributed by atoms with van der Waals surface area (Å²) in [5, 5.41) is 8.84. The summed E-state index contributed by atoms with van der Waals surface area (Å²) in [5.41, 5.74) is -0.824.